The Kier molecular flexibility index (Phi) is 5.57. The predicted molar refractivity (Wildman–Crippen MR) is 81.8 cm³/mol. The number of amides is 1. The van der Waals surface area contributed by atoms with Crippen LogP contribution in [0.1, 0.15) is 24.6 Å². The van der Waals surface area contributed by atoms with E-state index in [9.17, 15) is 9.90 Å². The number of nitrogens with one attached hydrogen (secondary N) is 2. The summed E-state index contributed by atoms with van der Waals surface area (Å²) in [6, 6.07) is 4.09. The van der Waals surface area contributed by atoms with Crippen molar-refractivity contribution in [3.63, 3.8) is 0 Å². The van der Waals surface area contributed by atoms with Gasteiger partial charge in [0.2, 0.25) is 5.91 Å². The number of carbonyl (C=O) groups is 1. The van der Waals surface area contributed by atoms with Gasteiger partial charge >= 0.3 is 0 Å². The molecular formula is C15H24N2O2S. The number of aliphatic hydroxyl groups excluding tert-OH is 1. The number of piperidine rings is 1. The van der Waals surface area contributed by atoms with Crippen LogP contribution in [0.3, 0.4) is 0 Å². The summed E-state index contributed by atoms with van der Waals surface area (Å²) in [7, 11) is 0. The fourth-order valence-electron chi connectivity index (χ4n) is 2.57. The van der Waals surface area contributed by atoms with Gasteiger partial charge in [0.05, 0.1) is 0 Å². The van der Waals surface area contributed by atoms with Gasteiger partial charge in [0.1, 0.15) is 0 Å². The zero-order valence-electron chi connectivity index (χ0n) is 12.0. The van der Waals surface area contributed by atoms with Gasteiger partial charge in [0, 0.05) is 29.4 Å². The molecule has 1 aliphatic heterocycles. The normalized spacial score (nSPS) is 19.5. The first-order valence-electron chi connectivity index (χ1n) is 7.26. The predicted octanol–water partition coefficient (Wildman–Crippen LogP) is 1.40. The van der Waals surface area contributed by atoms with Crippen LogP contribution >= 0.6 is 11.3 Å². The quantitative estimate of drug-likeness (QED) is 0.744. The van der Waals surface area contributed by atoms with Crippen LogP contribution in [0.4, 0.5) is 0 Å². The molecule has 0 aliphatic carbocycles. The van der Waals surface area contributed by atoms with Crippen molar-refractivity contribution in [1.29, 1.82) is 0 Å². The van der Waals surface area contributed by atoms with E-state index < -0.39 is 0 Å². The molecule has 1 fully saturated rings. The van der Waals surface area contributed by atoms with Crippen LogP contribution in [0.15, 0.2) is 17.5 Å². The van der Waals surface area contributed by atoms with Gasteiger partial charge in [0.25, 0.3) is 0 Å². The minimum Gasteiger partial charge on any atom is -0.396 e. The monoisotopic (exact) mass is 296 g/mol. The van der Waals surface area contributed by atoms with Crippen LogP contribution in [-0.4, -0.2) is 37.3 Å². The van der Waals surface area contributed by atoms with Crippen molar-refractivity contribution in [1.82, 2.24) is 10.6 Å². The second-order valence-electron chi connectivity index (χ2n) is 5.85. The second-order valence-corrected chi connectivity index (χ2v) is 6.89. The summed E-state index contributed by atoms with van der Waals surface area (Å²) in [6.45, 7) is 4.51. The third-order valence-electron chi connectivity index (χ3n) is 4.13. The van der Waals surface area contributed by atoms with Crippen molar-refractivity contribution in [3.8, 4) is 0 Å². The van der Waals surface area contributed by atoms with E-state index in [-0.39, 0.29) is 23.8 Å². The van der Waals surface area contributed by atoms with E-state index in [0.29, 0.717) is 6.54 Å². The summed E-state index contributed by atoms with van der Waals surface area (Å²) in [5, 5.41) is 17.8. The molecule has 3 N–H and O–H groups in total. The Morgan fingerprint density at radius 1 is 1.55 bits per heavy atom. The zero-order valence-corrected chi connectivity index (χ0v) is 12.8. The highest BCUT2D eigenvalue weighted by atomic mass is 32.1. The lowest BCUT2D eigenvalue weighted by molar-refractivity contribution is -0.131. The molecule has 5 heteroatoms. The van der Waals surface area contributed by atoms with E-state index >= 15 is 0 Å². The molecule has 0 unspecified atom stereocenters. The van der Waals surface area contributed by atoms with E-state index in [0.717, 1.165) is 32.4 Å². The summed E-state index contributed by atoms with van der Waals surface area (Å²) in [5.74, 6) is 0.228. The Morgan fingerprint density at radius 3 is 2.90 bits per heavy atom. The van der Waals surface area contributed by atoms with Crippen LogP contribution in [-0.2, 0) is 11.2 Å². The molecule has 1 aromatic heterocycles. The van der Waals surface area contributed by atoms with Crippen molar-refractivity contribution in [3.05, 3.63) is 22.4 Å². The van der Waals surface area contributed by atoms with Crippen LogP contribution in [0, 0.1) is 11.3 Å². The van der Waals surface area contributed by atoms with Gasteiger partial charge in [-0.2, -0.15) is 0 Å². The highest BCUT2D eigenvalue weighted by Gasteiger charge is 2.34. The van der Waals surface area contributed by atoms with Gasteiger partial charge in [-0.25, -0.2) is 0 Å². The van der Waals surface area contributed by atoms with E-state index in [4.69, 9.17) is 0 Å². The minimum atomic E-state index is -0.256. The molecule has 112 valence electrons. The molecule has 0 bridgehead atoms. The molecule has 0 saturated carbocycles. The lowest BCUT2D eigenvalue weighted by Gasteiger charge is -2.33. The third-order valence-corrected chi connectivity index (χ3v) is 5.03. The van der Waals surface area contributed by atoms with Gasteiger partial charge in [0.15, 0.2) is 0 Å². The van der Waals surface area contributed by atoms with Gasteiger partial charge in [-0.05, 0) is 43.8 Å². The molecule has 0 aromatic carbocycles. The molecule has 2 heterocycles. The number of thiophene rings is 1. The Morgan fingerprint density at radius 2 is 2.30 bits per heavy atom. The van der Waals surface area contributed by atoms with E-state index in [1.165, 1.54) is 4.88 Å². The van der Waals surface area contributed by atoms with E-state index in [1.54, 1.807) is 11.3 Å². The maximum Gasteiger partial charge on any atom is 0.226 e. The molecule has 1 aromatic rings. The summed E-state index contributed by atoms with van der Waals surface area (Å²) >= 11 is 1.70. The number of carbonyl (C=O) groups excluding carboxylic acids is 1. The number of hydrogen-bond donors (Lipinski definition) is 3. The zero-order chi connectivity index (χ0) is 14.4. The molecule has 0 radical (unpaired) electrons. The third kappa shape index (κ3) is 4.04. The molecule has 1 aliphatic rings. The summed E-state index contributed by atoms with van der Waals surface area (Å²) in [6.07, 6.45) is 2.59. The topological polar surface area (TPSA) is 61.4 Å². The van der Waals surface area contributed by atoms with Crippen molar-refractivity contribution in [2.75, 3.05) is 26.2 Å². The Bertz CT molecular complexity index is 414. The lowest BCUT2D eigenvalue weighted by atomic mass is 9.80. The first-order valence-corrected chi connectivity index (χ1v) is 8.14. The molecule has 4 nitrogen and oxygen atoms in total. The molecule has 0 spiro atoms. The molecule has 1 saturated heterocycles. The van der Waals surface area contributed by atoms with Gasteiger partial charge in [-0.1, -0.05) is 13.0 Å². The second kappa shape index (κ2) is 7.20. The average molecular weight is 296 g/mol. The van der Waals surface area contributed by atoms with Crippen LogP contribution < -0.4 is 10.6 Å². The highest BCUT2D eigenvalue weighted by Crippen LogP contribution is 2.28. The summed E-state index contributed by atoms with van der Waals surface area (Å²) < 4.78 is 0. The summed E-state index contributed by atoms with van der Waals surface area (Å²) in [5.41, 5.74) is -0.256. The van der Waals surface area contributed by atoms with Crippen LogP contribution in [0.2, 0.25) is 0 Å². The lowest BCUT2D eigenvalue weighted by Crippen LogP contribution is -2.47. The Balaban J connectivity index is 1.81. The molecule has 1 amide bonds. The largest absolute Gasteiger partial charge is 0.396 e. The average Bonchev–Trinajstić information content (AvgIpc) is 2.96. The van der Waals surface area contributed by atoms with Crippen LogP contribution in [0.5, 0.6) is 0 Å². The number of hydrogen-bond acceptors (Lipinski definition) is 4. The molecule has 1 atom stereocenters. The first-order chi connectivity index (χ1) is 9.64. The standard InChI is InChI=1S/C15H24N2O2S/c1-15(4-6-16-7-5-15)14(19)17-10-12(11-18)9-13-3-2-8-20-13/h2-3,8,12,16,18H,4-7,9-11H2,1H3,(H,17,19)/t12-/m0/s1. The van der Waals surface area contributed by atoms with E-state index in [1.807, 2.05) is 18.4 Å². The van der Waals surface area contributed by atoms with Crippen molar-refractivity contribution >= 4 is 17.2 Å². The molecule has 2 rings (SSSR count). The highest BCUT2D eigenvalue weighted by molar-refractivity contribution is 7.09. The minimum absolute atomic E-state index is 0.0999. The Hall–Kier alpha value is -0.910. The van der Waals surface area contributed by atoms with Crippen LogP contribution in [0.25, 0.3) is 0 Å². The van der Waals surface area contributed by atoms with Gasteiger partial charge < -0.3 is 15.7 Å². The number of rotatable bonds is 6. The van der Waals surface area contributed by atoms with Gasteiger partial charge in [-0.3, -0.25) is 4.79 Å². The maximum absolute atomic E-state index is 12.3. The maximum atomic E-state index is 12.3. The smallest absolute Gasteiger partial charge is 0.226 e. The fraction of sp³-hybridized carbons (Fsp3) is 0.667. The fourth-order valence-corrected chi connectivity index (χ4v) is 3.39. The van der Waals surface area contributed by atoms with Crippen molar-refractivity contribution in [2.24, 2.45) is 11.3 Å². The number of aliphatic hydroxyl groups is 1. The van der Waals surface area contributed by atoms with E-state index in [2.05, 4.69) is 16.7 Å². The van der Waals surface area contributed by atoms with Gasteiger partial charge in [-0.15, -0.1) is 11.3 Å². The Labute approximate surface area is 124 Å². The summed E-state index contributed by atoms with van der Waals surface area (Å²) in [4.78, 5) is 13.6. The molecular weight excluding hydrogens is 272 g/mol. The first kappa shape index (κ1) is 15.5. The SMILES string of the molecule is CC1(C(=O)NC[C@@H](CO)Cc2cccs2)CCNCC1. The molecule has 20 heavy (non-hydrogen) atoms. The van der Waals surface area contributed by atoms with Crippen molar-refractivity contribution in [2.45, 2.75) is 26.2 Å². The van der Waals surface area contributed by atoms with Crippen molar-refractivity contribution < 1.29 is 9.90 Å².